The van der Waals surface area contributed by atoms with Crippen LogP contribution in [0, 0.1) is 5.92 Å². The molecule has 0 unspecified atom stereocenters. The number of nitrogens with zero attached hydrogens (tertiary/aromatic N) is 2. The Morgan fingerprint density at radius 2 is 1.71 bits per heavy atom. The monoisotopic (exact) mass is 419 g/mol. The van der Waals surface area contributed by atoms with Crippen molar-refractivity contribution in [3.63, 3.8) is 0 Å². The highest BCUT2D eigenvalue weighted by Crippen LogP contribution is 2.23. The van der Waals surface area contributed by atoms with E-state index in [0.717, 1.165) is 19.3 Å². The summed E-state index contributed by atoms with van der Waals surface area (Å²) in [6.45, 7) is 1.74. The lowest BCUT2D eigenvalue weighted by Gasteiger charge is -2.29. The molecule has 1 aromatic heterocycles. The van der Waals surface area contributed by atoms with E-state index in [9.17, 15) is 14.4 Å². The summed E-state index contributed by atoms with van der Waals surface area (Å²) in [6, 6.07) is 15.7. The fourth-order valence-corrected chi connectivity index (χ4v) is 4.06. The third kappa shape index (κ3) is 4.50. The highest BCUT2D eigenvalue weighted by atomic mass is 16.5. The lowest BCUT2D eigenvalue weighted by Crippen LogP contribution is -2.43. The molecule has 2 aromatic carbocycles. The average molecular weight is 419 g/mol. The predicted molar refractivity (Wildman–Crippen MR) is 117 cm³/mol. The highest BCUT2D eigenvalue weighted by molar-refractivity contribution is 6.02. The minimum atomic E-state index is -0.743. The maximum Gasteiger partial charge on any atom is 0.359 e. The average Bonchev–Trinajstić information content (AvgIpc) is 2.80. The van der Waals surface area contributed by atoms with Crippen molar-refractivity contribution in [1.82, 2.24) is 15.1 Å². The summed E-state index contributed by atoms with van der Waals surface area (Å²) in [5.41, 5.74) is 0.205. The van der Waals surface area contributed by atoms with Crippen LogP contribution in [0.15, 0.2) is 59.4 Å². The van der Waals surface area contributed by atoms with Gasteiger partial charge in [-0.2, -0.15) is 9.78 Å². The number of benzene rings is 2. The number of aromatic nitrogens is 2. The molecule has 160 valence electrons. The van der Waals surface area contributed by atoms with Crippen molar-refractivity contribution in [3.8, 4) is 5.69 Å². The van der Waals surface area contributed by atoms with Gasteiger partial charge in [0, 0.05) is 11.4 Å². The maximum atomic E-state index is 12.9. The first-order valence-corrected chi connectivity index (χ1v) is 10.6. The molecule has 7 nitrogen and oxygen atoms in total. The minimum absolute atomic E-state index is 0.00196. The van der Waals surface area contributed by atoms with Gasteiger partial charge in [0.05, 0.1) is 11.1 Å². The van der Waals surface area contributed by atoms with E-state index in [1.807, 2.05) is 6.07 Å². The highest BCUT2D eigenvalue weighted by Gasteiger charge is 2.24. The normalized spacial score (nSPS) is 18.5. The van der Waals surface area contributed by atoms with Crippen molar-refractivity contribution in [3.05, 3.63) is 70.6 Å². The van der Waals surface area contributed by atoms with Crippen LogP contribution < -0.4 is 10.9 Å². The summed E-state index contributed by atoms with van der Waals surface area (Å²) in [4.78, 5) is 38.1. The van der Waals surface area contributed by atoms with Gasteiger partial charge < -0.3 is 10.1 Å². The quantitative estimate of drug-likeness (QED) is 0.641. The van der Waals surface area contributed by atoms with Crippen LogP contribution in [0.4, 0.5) is 0 Å². The van der Waals surface area contributed by atoms with Crippen molar-refractivity contribution in [1.29, 1.82) is 0 Å². The maximum absolute atomic E-state index is 12.9. The van der Waals surface area contributed by atoms with Crippen molar-refractivity contribution in [2.24, 2.45) is 5.92 Å². The van der Waals surface area contributed by atoms with Crippen LogP contribution in [0.3, 0.4) is 0 Å². The van der Waals surface area contributed by atoms with Gasteiger partial charge in [-0.15, -0.1) is 0 Å². The number of carbonyl (C=O) groups excluding carboxylic acids is 2. The molecule has 3 aromatic rings. The van der Waals surface area contributed by atoms with E-state index in [-0.39, 0.29) is 29.8 Å². The molecule has 2 atom stereocenters. The fourth-order valence-electron chi connectivity index (χ4n) is 4.06. The molecular weight excluding hydrogens is 394 g/mol. The zero-order valence-corrected chi connectivity index (χ0v) is 17.4. The first-order valence-electron chi connectivity index (χ1n) is 10.6. The zero-order valence-electron chi connectivity index (χ0n) is 17.4. The van der Waals surface area contributed by atoms with Crippen molar-refractivity contribution in [2.45, 2.75) is 38.6 Å². The molecule has 0 radical (unpaired) electrons. The fraction of sp³-hybridized carbons (Fsp3) is 0.333. The first kappa shape index (κ1) is 20.8. The molecule has 1 N–H and O–H groups in total. The number of ether oxygens (including phenoxy) is 1. The Morgan fingerprint density at radius 3 is 2.45 bits per heavy atom. The summed E-state index contributed by atoms with van der Waals surface area (Å²) >= 11 is 0. The molecule has 1 aliphatic rings. The molecule has 4 rings (SSSR count). The Morgan fingerprint density at radius 1 is 1.03 bits per heavy atom. The smallest absolute Gasteiger partial charge is 0.359 e. The Balaban J connectivity index is 1.57. The van der Waals surface area contributed by atoms with Gasteiger partial charge in [0.25, 0.3) is 11.5 Å². The number of amides is 1. The van der Waals surface area contributed by atoms with Gasteiger partial charge >= 0.3 is 5.97 Å². The number of rotatable bonds is 5. The number of fused-ring (bicyclic) bond motifs is 1. The number of hydrogen-bond acceptors (Lipinski definition) is 5. The third-order valence-corrected chi connectivity index (χ3v) is 5.79. The molecule has 7 heteroatoms. The van der Waals surface area contributed by atoms with Gasteiger partial charge in [-0.25, -0.2) is 4.79 Å². The van der Waals surface area contributed by atoms with Gasteiger partial charge in [0.1, 0.15) is 0 Å². The summed E-state index contributed by atoms with van der Waals surface area (Å²) in [7, 11) is 0. The molecule has 1 heterocycles. The Hall–Kier alpha value is -3.48. The van der Waals surface area contributed by atoms with Crippen LogP contribution in [0.1, 0.15) is 43.1 Å². The molecule has 1 aliphatic carbocycles. The number of hydrogen-bond donors (Lipinski definition) is 1. The van der Waals surface area contributed by atoms with Crippen LogP contribution in [0.5, 0.6) is 0 Å². The van der Waals surface area contributed by atoms with Crippen LogP contribution in [-0.4, -0.2) is 34.3 Å². The van der Waals surface area contributed by atoms with Crippen LogP contribution in [0.25, 0.3) is 16.5 Å². The topological polar surface area (TPSA) is 90.3 Å². The molecular formula is C24H25N3O4. The second kappa shape index (κ2) is 9.12. The van der Waals surface area contributed by atoms with Gasteiger partial charge in [0.15, 0.2) is 12.3 Å². The first-order chi connectivity index (χ1) is 15.0. The molecule has 0 saturated heterocycles. The number of para-hydroxylation sites is 1. The molecule has 0 bridgehead atoms. The minimum Gasteiger partial charge on any atom is -0.451 e. The largest absolute Gasteiger partial charge is 0.451 e. The van der Waals surface area contributed by atoms with Crippen LogP contribution >= 0.6 is 0 Å². The molecule has 1 fully saturated rings. The Bertz CT molecular complexity index is 1160. The van der Waals surface area contributed by atoms with Crippen LogP contribution in [-0.2, 0) is 9.53 Å². The summed E-state index contributed by atoms with van der Waals surface area (Å²) in [5.74, 6) is -0.658. The SMILES string of the molecule is C[C@H]1CCCC[C@H]1NC(=O)COC(=O)c1nn(-c2ccccc2)c(=O)c2ccccc12. The van der Waals surface area contributed by atoms with Crippen molar-refractivity contribution < 1.29 is 14.3 Å². The van der Waals surface area contributed by atoms with Gasteiger partial charge in [-0.05, 0) is 37.0 Å². The summed E-state index contributed by atoms with van der Waals surface area (Å²) in [5, 5.41) is 7.99. The van der Waals surface area contributed by atoms with E-state index >= 15 is 0 Å². The van der Waals surface area contributed by atoms with E-state index in [2.05, 4.69) is 17.3 Å². The third-order valence-electron chi connectivity index (χ3n) is 5.79. The van der Waals surface area contributed by atoms with E-state index in [0.29, 0.717) is 22.4 Å². The summed E-state index contributed by atoms with van der Waals surface area (Å²) in [6.07, 6.45) is 4.29. The Kier molecular flexibility index (Phi) is 6.11. The zero-order chi connectivity index (χ0) is 21.8. The lowest BCUT2D eigenvalue weighted by molar-refractivity contribution is -0.125. The van der Waals surface area contributed by atoms with Gasteiger partial charge in [0.2, 0.25) is 0 Å². The molecule has 0 spiro atoms. The number of carbonyl (C=O) groups is 2. The second-order valence-corrected chi connectivity index (χ2v) is 7.96. The lowest BCUT2D eigenvalue weighted by atomic mass is 9.86. The summed E-state index contributed by atoms with van der Waals surface area (Å²) < 4.78 is 6.46. The van der Waals surface area contributed by atoms with Crippen LogP contribution in [0.2, 0.25) is 0 Å². The van der Waals surface area contributed by atoms with E-state index in [1.54, 1.807) is 48.5 Å². The molecule has 31 heavy (non-hydrogen) atoms. The Labute approximate surface area is 180 Å². The standard InChI is InChI=1S/C24H25N3O4/c1-16-9-5-8-14-20(16)25-21(28)15-31-24(30)22-18-12-6-7-13-19(18)23(29)27(26-22)17-10-3-2-4-11-17/h2-4,6-7,10-13,16,20H,5,8-9,14-15H2,1H3,(H,25,28)/t16-,20+/m0/s1. The molecule has 0 aliphatic heterocycles. The molecule has 1 amide bonds. The van der Waals surface area contributed by atoms with Gasteiger partial charge in [-0.1, -0.05) is 56.2 Å². The van der Waals surface area contributed by atoms with E-state index in [1.165, 1.54) is 11.1 Å². The van der Waals surface area contributed by atoms with Crippen molar-refractivity contribution in [2.75, 3.05) is 6.61 Å². The molecule has 1 saturated carbocycles. The predicted octanol–water partition coefficient (Wildman–Crippen LogP) is 3.24. The van der Waals surface area contributed by atoms with E-state index in [4.69, 9.17) is 4.74 Å². The second-order valence-electron chi connectivity index (χ2n) is 7.96. The van der Waals surface area contributed by atoms with E-state index < -0.39 is 5.97 Å². The number of nitrogens with one attached hydrogen (secondary N) is 1. The van der Waals surface area contributed by atoms with Gasteiger partial charge in [-0.3, -0.25) is 9.59 Å². The number of esters is 1. The van der Waals surface area contributed by atoms with Crippen molar-refractivity contribution >= 4 is 22.6 Å².